The van der Waals surface area contributed by atoms with Gasteiger partial charge in [0.05, 0.1) is 7.11 Å². The molecular weight excluding hydrogens is 282 g/mol. The Morgan fingerprint density at radius 3 is 2.59 bits per heavy atom. The Morgan fingerprint density at radius 2 is 1.91 bits per heavy atom. The van der Waals surface area contributed by atoms with Crippen molar-refractivity contribution in [2.24, 2.45) is 4.99 Å². The van der Waals surface area contributed by atoms with Crippen LogP contribution in [0.2, 0.25) is 0 Å². The van der Waals surface area contributed by atoms with Gasteiger partial charge in [-0.3, -0.25) is 9.79 Å². The van der Waals surface area contributed by atoms with Crippen molar-refractivity contribution >= 4 is 11.5 Å². The molecule has 22 heavy (non-hydrogen) atoms. The number of ether oxygens (including phenoxy) is 1. The van der Waals surface area contributed by atoms with E-state index in [9.17, 15) is 15.0 Å². The Hall–Kier alpha value is -2.82. The minimum Gasteiger partial charge on any atom is -0.508 e. The number of ketones is 1. The molecule has 0 saturated carbocycles. The van der Waals surface area contributed by atoms with Crippen molar-refractivity contribution < 1.29 is 19.7 Å². The lowest BCUT2D eigenvalue weighted by molar-refractivity contribution is 0.106. The Bertz CT molecular complexity index is 763. The summed E-state index contributed by atoms with van der Waals surface area (Å²) in [6.07, 6.45) is 0.666. The largest absolute Gasteiger partial charge is 0.508 e. The lowest BCUT2D eigenvalue weighted by Crippen LogP contribution is -2.22. The molecule has 0 fully saturated rings. The van der Waals surface area contributed by atoms with E-state index >= 15 is 0 Å². The number of hydrogen-bond acceptors (Lipinski definition) is 5. The third-order valence-electron chi connectivity index (χ3n) is 3.66. The molecule has 0 aliphatic carbocycles. The van der Waals surface area contributed by atoms with Crippen molar-refractivity contribution in [3.8, 4) is 17.2 Å². The zero-order valence-electron chi connectivity index (χ0n) is 12.0. The van der Waals surface area contributed by atoms with Gasteiger partial charge in [-0.2, -0.15) is 0 Å². The summed E-state index contributed by atoms with van der Waals surface area (Å²) in [5.41, 5.74) is 2.36. The number of phenolic OH excluding ortho intramolecular Hbond substituents is 2. The van der Waals surface area contributed by atoms with Gasteiger partial charge >= 0.3 is 0 Å². The summed E-state index contributed by atoms with van der Waals surface area (Å²) in [6.45, 7) is 0.498. The van der Waals surface area contributed by atoms with E-state index in [1.54, 1.807) is 24.3 Å². The molecule has 0 spiro atoms. The molecule has 0 atom stereocenters. The monoisotopic (exact) mass is 297 g/mol. The van der Waals surface area contributed by atoms with Crippen molar-refractivity contribution in [2.75, 3.05) is 13.7 Å². The van der Waals surface area contributed by atoms with E-state index in [2.05, 4.69) is 4.99 Å². The van der Waals surface area contributed by atoms with Crippen LogP contribution in [0.5, 0.6) is 17.2 Å². The molecule has 1 aliphatic rings. The lowest BCUT2D eigenvalue weighted by atomic mass is 9.92. The van der Waals surface area contributed by atoms with Crippen LogP contribution >= 0.6 is 0 Å². The zero-order valence-corrected chi connectivity index (χ0v) is 12.0. The first-order valence-corrected chi connectivity index (χ1v) is 6.88. The number of aromatic hydroxyl groups is 2. The zero-order chi connectivity index (χ0) is 15.7. The summed E-state index contributed by atoms with van der Waals surface area (Å²) >= 11 is 0. The van der Waals surface area contributed by atoms with E-state index < -0.39 is 0 Å². The first-order chi connectivity index (χ1) is 10.6. The number of nitrogens with zero attached hydrogens (tertiary/aromatic N) is 1. The molecule has 2 aromatic carbocycles. The van der Waals surface area contributed by atoms with Crippen LogP contribution < -0.4 is 4.74 Å². The van der Waals surface area contributed by atoms with Gasteiger partial charge in [0, 0.05) is 17.7 Å². The number of hydrogen-bond donors (Lipinski definition) is 2. The highest BCUT2D eigenvalue weighted by molar-refractivity contribution is 6.52. The molecule has 0 unspecified atom stereocenters. The summed E-state index contributed by atoms with van der Waals surface area (Å²) in [6, 6.07) is 9.32. The standard InChI is InChI=1S/C17H15NO4/c1-22-15-9-13-11(8-14(15)20)6-7-18-16(13)17(21)10-2-4-12(19)5-3-10/h2-5,8-9,19-20H,6-7H2,1H3. The minimum absolute atomic E-state index is 0.0552. The summed E-state index contributed by atoms with van der Waals surface area (Å²) in [7, 11) is 1.46. The van der Waals surface area contributed by atoms with Gasteiger partial charge in [0.2, 0.25) is 5.78 Å². The second-order valence-corrected chi connectivity index (χ2v) is 5.04. The average molecular weight is 297 g/mol. The molecule has 1 heterocycles. The fourth-order valence-electron chi connectivity index (χ4n) is 2.52. The average Bonchev–Trinajstić information content (AvgIpc) is 2.53. The number of methoxy groups -OCH3 is 1. The van der Waals surface area contributed by atoms with Crippen LogP contribution in [0, 0.1) is 0 Å². The van der Waals surface area contributed by atoms with E-state index in [1.807, 2.05) is 0 Å². The van der Waals surface area contributed by atoms with Crippen LogP contribution in [0.4, 0.5) is 0 Å². The second-order valence-electron chi connectivity index (χ2n) is 5.04. The van der Waals surface area contributed by atoms with E-state index in [0.717, 1.165) is 5.56 Å². The normalized spacial score (nSPS) is 13.2. The summed E-state index contributed by atoms with van der Waals surface area (Å²) in [5.74, 6) is 0.259. The van der Waals surface area contributed by atoms with E-state index in [4.69, 9.17) is 4.74 Å². The number of carbonyl (C=O) groups excluding carboxylic acids is 1. The number of carbonyl (C=O) groups is 1. The molecule has 1 aliphatic heterocycles. The van der Waals surface area contributed by atoms with Crippen molar-refractivity contribution in [1.82, 2.24) is 0 Å². The molecule has 2 aromatic rings. The first-order valence-electron chi connectivity index (χ1n) is 6.88. The highest BCUT2D eigenvalue weighted by atomic mass is 16.5. The first kappa shape index (κ1) is 14.1. The van der Waals surface area contributed by atoms with E-state index in [1.165, 1.54) is 19.2 Å². The van der Waals surface area contributed by atoms with Crippen molar-refractivity contribution in [2.45, 2.75) is 6.42 Å². The maximum Gasteiger partial charge on any atom is 0.211 e. The van der Waals surface area contributed by atoms with Crippen LogP contribution in [-0.4, -0.2) is 35.4 Å². The molecule has 112 valence electrons. The molecule has 0 amide bonds. The molecule has 0 bridgehead atoms. The van der Waals surface area contributed by atoms with Crippen molar-refractivity contribution in [1.29, 1.82) is 0 Å². The van der Waals surface area contributed by atoms with Gasteiger partial charge in [0.15, 0.2) is 11.5 Å². The molecule has 3 rings (SSSR count). The molecule has 0 radical (unpaired) electrons. The smallest absolute Gasteiger partial charge is 0.211 e. The van der Waals surface area contributed by atoms with Crippen molar-refractivity contribution in [3.05, 3.63) is 53.1 Å². The number of rotatable bonds is 3. The van der Waals surface area contributed by atoms with Gasteiger partial charge in [0.25, 0.3) is 0 Å². The van der Waals surface area contributed by atoms with Gasteiger partial charge in [-0.15, -0.1) is 0 Å². The summed E-state index contributed by atoms with van der Waals surface area (Å²) in [4.78, 5) is 17.0. The van der Waals surface area contributed by atoms with Crippen LogP contribution in [0.15, 0.2) is 41.4 Å². The Morgan fingerprint density at radius 1 is 1.18 bits per heavy atom. The fourth-order valence-corrected chi connectivity index (χ4v) is 2.52. The van der Waals surface area contributed by atoms with E-state index in [-0.39, 0.29) is 17.3 Å². The fraction of sp³-hybridized carbons (Fsp3) is 0.176. The predicted molar refractivity (Wildman–Crippen MR) is 82.2 cm³/mol. The third kappa shape index (κ3) is 2.41. The minimum atomic E-state index is -0.214. The highest BCUT2D eigenvalue weighted by Crippen LogP contribution is 2.32. The Balaban J connectivity index is 2.04. The van der Waals surface area contributed by atoms with Crippen LogP contribution in [0.3, 0.4) is 0 Å². The number of Topliss-reactive ketones (excluding diaryl/α,β-unsaturated/α-hetero) is 1. The van der Waals surface area contributed by atoms with Crippen LogP contribution in [0.1, 0.15) is 21.5 Å². The third-order valence-corrected chi connectivity index (χ3v) is 3.66. The molecule has 2 N–H and O–H groups in total. The SMILES string of the molecule is COc1cc2c(cc1O)CCN=C2C(=O)c1ccc(O)cc1. The topological polar surface area (TPSA) is 79.1 Å². The van der Waals surface area contributed by atoms with E-state index in [0.29, 0.717) is 35.6 Å². The number of benzene rings is 2. The van der Waals surface area contributed by atoms with Crippen molar-refractivity contribution in [3.63, 3.8) is 0 Å². The molecule has 5 nitrogen and oxygen atoms in total. The number of fused-ring (bicyclic) bond motifs is 1. The summed E-state index contributed by atoms with van der Waals surface area (Å²) < 4.78 is 5.11. The molecular formula is C17H15NO4. The molecule has 0 aromatic heterocycles. The van der Waals surface area contributed by atoms with Gasteiger partial charge in [-0.05, 0) is 48.4 Å². The van der Waals surface area contributed by atoms with Crippen LogP contribution in [0.25, 0.3) is 0 Å². The quantitative estimate of drug-likeness (QED) is 0.852. The van der Waals surface area contributed by atoms with Crippen LogP contribution in [-0.2, 0) is 6.42 Å². The Kier molecular flexibility index (Phi) is 3.55. The molecule has 0 saturated heterocycles. The highest BCUT2D eigenvalue weighted by Gasteiger charge is 2.23. The number of phenols is 2. The van der Waals surface area contributed by atoms with Gasteiger partial charge in [-0.25, -0.2) is 0 Å². The predicted octanol–water partition coefficient (Wildman–Crippen LogP) is 2.33. The summed E-state index contributed by atoms with van der Waals surface area (Å²) in [5, 5.41) is 19.2. The second kappa shape index (κ2) is 5.52. The number of aliphatic imine (C=N–C) groups is 1. The van der Waals surface area contributed by atoms with Gasteiger partial charge in [0.1, 0.15) is 11.5 Å². The maximum atomic E-state index is 12.6. The van der Waals surface area contributed by atoms with Gasteiger partial charge < -0.3 is 14.9 Å². The Labute approximate surface area is 127 Å². The lowest BCUT2D eigenvalue weighted by Gasteiger charge is -2.18. The van der Waals surface area contributed by atoms with Gasteiger partial charge in [-0.1, -0.05) is 0 Å². The molecule has 5 heteroatoms. The maximum absolute atomic E-state index is 12.6.